The number of aliphatic hydroxyl groups excluding tert-OH is 1. The Kier molecular flexibility index (Phi) is 1.65. The summed E-state index contributed by atoms with van der Waals surface area (Å²) in [4.78, 5) is 0. The second kappa shape index (κ2) is 2.29. The summed E-state index contributed by atoms with van der Waals surface area (Å²) < 4.78 is 0. The molecule has 1 fully saturated rings. The molecule has 0 spiro atoms. The van der Waals surface area contributed by atoms with E-state index in [-0.39, 0.29) is 12.0 Å². The number of hydrogen-bond acceptors (Lipinski definition) is 2. The molecular formula is C6H11NO. The highest BCUT2D eigenvalue weighted by Gasteiger charge is 2.20. The van der Waals surface area contributed by atoms with E-state index in [0.717, 1.165) is 13.1 Å². The Morgan fingerprint density at radius 1 is 1.62 bits per heavy atom. The summed E-state index contributed by atoms with van der Waals surface area (Å²) in [7, 11) is 0. The van der Waals surface area contributed by atoms with Gasteiger partial charge in [-0.1, -0.05) is 6.08 Å². The Bertz CT molecular complexity index is 92.5. The predicted octanol–water partition coefficient (Wildman–Crippen LogP) is -0.247. The quantitative estimate of drug-likeness (QED) is 0.460. The molecule has 2 N–H and O–H groups in total. The van der Waals surface area contributed by atoms with Crippen molar-refractivity contribution in [2.24, 2.45) is 5.92 Å². The number of nitrogens with one attached hydrogen (secondary N) is 1. The van der Waals surface area contributed by atoms with Crippen LogP contribution in [0, 0.1) is 5.92 Å². The Balaban J connectivity index is 2.41. The van der Waals surface area contributed by atoms with Crippen LogP contribution in [0.1, 0.15) is 0 Å². The van der Waals surface area contributed by atoms with Gasteiger partial charge in [0, 0.05) is 19.0 Å². The topological polar surface area (TPSA) is 32.3 Å². The number of aliphatic hydroxyl groups is 1. The van der Waals surface area contributed by atoms with Crippen molar-refractivity contribution >= 4 is 0 Å². The summed E-state index contributed by atoms with van der Waals surface area (Å²) in [6.45, 7) is 5.19. The molecule has 8 heavy (non-hydrogen) atoms. The number of hydrogen-bond donors (Lipinski definition) is 2. The highest BCUT2D eigenvalue weighted by molar-refractivity contribution is 4.91. The van der Waals surface area contributed by atoms with Crippen LogP contribution in [0.4, 0.5) is 0 Å². The standard InChI is InChI=1S/C6H11NO/c1-2-5-3-7-4-6(5)8/h2,5-8H,1,3-4H2. The third-order valence-corrected chi connectivity index (χ3v) is 1.53. The van der Waals surface area contributed by atoms with E-state index in [1.165, 1.54) is 0 Å². The summed E-state index contributed by atoms with van der Waals surface area (Å²) in [6, 6.07) is 0. The monoisotopic (exact) mass is 113 g/mol. The molecular weight excluding hydrogens is 102 g/mol. The fourth-order valence-electron chi connectivity index (χ4n) is 0.926. The van der Waals surface area contributed by atoms with E-state index >= 15 is 0 Å². The van der Waals surface area contributed by atoms with Crippen LogP contribution in [0.2, 0.25) is 0 Å². The number of rotatable bonds is 1. The van der Waals surface area contributed by atoms with E-state index in [2.05, 4.69) is 11.9 Å². The first-order valence-corrected chi connectivity index (χ1v) is 2.86. The van der Waals surface area contributed by atoms with Crippen LogP contribution in [0.15, 0.2) is 12.7 Å². The van der Waals surface area contributed by atoms with Gasteiger partial charge in [0.15, 0.2) is 0 Å². The molecule has 0 bridgehead atoms. The molecule has 0 aromatic carbocycles. The minimum atomic E-state index is -0.201. The Morgan fingerprint density at radius 3 is 2.62 bits per heavy atom. The lowest BCUT2D eigenvalue weighted by Crippen LogP contribution is -2.15. The van der Waals surface area contributed by atoms with Gasteiger partial charge >= 0.3 is 0 Å². The fraction of sp³-hybridized carbons (Fsp3) is 0.667. The van der Waals surface area contributed by atoms with Crippen LogP contribution in [0.3, 0.4) is 0 Å². The molecule has 0 aliphatic carbocycles. The highest BCUT2D eigenvalue weighted by Crippen LogP contribution is 2.07. The molecule has 0 aromatic rings. The molecule has 0 radical (unpaired) electrons. The van der Waals surface area contributed by atoms with Crippen molar-refractivity contribution in [1.29, 1.82) is 0 Å². The molecule has 2 unspecified atom stereocenters. The highest BCUT2D eigenvalue weighted by atomic mass is 16.3. The van der Waals surface area contributed by atoms with Gasteiger partial charge in [-0.3, -0.25) is 0 Å². The van der Waals surface area contributed by atoms with Crippen molar-refractivity contribution in [3.05, 3.63) is 12.7 Å². The molecule has 1 heterocycles. The minimum absolute atomic E-state index is 0.201. The minimum Gasteiger partial charge on any atom is -0.391 e. The van der Waals surface area contributed by atoms with Crippen molar-refractivity contribution in [3.8, 4) is 0 Å². The van der Waals surface area contributed by atoms with Gasteiger partial charge < -0.3 is 10.4 Å². The van der Waals surface area contributed by atoms with Gasteiger partial charge in [-0.2, -0.15) is 0 Å². The average molecular weight is 113 g/mol. The van der Waals surface area contributed by atoms with Gasteiger partial charge in [0.1, 0.15) is 0 Å². The summed E-state index contributed by atoms with van der Waals surface area (Å²) in [5, 5.41) is 12.1. The third kappa shape index (κ3) is 0.904. The van der Waals surface area contributed by atoms with Crippen molar-refractivity contribution < 1.29 is 5.11 Å². The molecule has 46 valence electrons. The molecule has 1 rings (SSSR count). The molecule has 2 heteroatoms. The lowest BCUT2D eigenvalue weighted by molar-refractivity contribution is 0.168. The van der Waals surface area contributed by atoms with Gasteiger partial charge in [-0.15, -0.1) is 6.58 Å². The third-order valence-electron chi connectivity index (χ3n) is 1.53. The predicted molar refractivity (Wildman–Crippen MR) is 32.6 cm³/mol. The molecule has 2 nitrogen and oxygen atoms in total. The molecule has 0 aromatic heterocycles. The first-order valence-electron chi connectivity index (χ1n) is 2.86. The molecule has 1 aliphatic heterocycles. The van der Waals surface area contributed by atoms with Crippen molar-refractivity contribution in [1.82, 2.24) is 5.32 Å². The van der Waals surface area contributed by atoms with E-state index in [0.29, 0.717) is 0 Å². The maximum atomic E-state index is 9.06. The van der Waals surface area contributed by atoms with Gasteiger partial charge in [-0.05, 0) is 0 Å². The maximum absolute atomic E-state index is 9.06. The fourth-order valence-corrected chi connectivity index (χ4v) is 0.926. The lowest BCUT2D eigenvalue weighted by Gasteiger charge is -2.04. The van der Waals surface area contributed by atoms with Crippen LogP contribution >= 0.6 is 0 Å². The van der Waals surface area contributed by atoms with Crippen LogP contribution in [0.5, 0.6) is 0 Å². The summed E-state index contributed by atoms with van der Waals surface area (Å²) in [5.41, 5.74) is 0. The summed E-state index contributed by atoms with van der Waals surface area (Å²) in [5.74, 6) is 0.273. The normalized spacial score (nSPS) is 37.6. The van der Waals surface area contributed by atoms with E-state index < -0.39 is 0 Å². The van der Waals surface area contributed by atoms with Gasteiger partial charge in [0.25, 0.3) is 0 Å². The average Bonchev–Trinajstić information content (AvgIpc) is 2.14. The van der Waals surface area contributed by atoms with Crippen LogP contribution < -0.4 is 5.32 Å². The molecule has 1 aliphatic rings. The maximum Gasteiger partial charge on any atom is 0.0739 e. The zero-order chi connectivity index (χ0) is 5.98. The van der Waals surface area contributed by atoms with Gasteiger partial charge in [0.2, 0.25) is 0 Å². The summed E-state index contributed by atoms with van der Waals surface area (Å²) in [6.07, 6.45) is 1.59. The largest absolute Gasteiger partial charge is 0.391 e. The van der Waals surface area contributed by atoms with Crippen LogP contribution in [-0.4, -0.2) is 24.3 Å². The van der Waals surface area contributed by atoms with Crippen molar-refractivity contribution in [2.75, 3.05) is 13.1 Å². The molecule has 1 saturated heterocycles. The second-order valence-corrected chi connectivity index (χ2v) is 2.13. The van der Waals surface area contributed by atoms with Gasteiger partial charge in [0.05, 0.1) is 6.10 Å². The van der Waals surface area contributed by atoms with E-state index in [9.17, 15) is 0 Å². The Hall–Kier alpha value is -0.340. The summed E-state index contributed by atoms with van der Waals surface area (Å²) >= 11 is 0. The van der Waals surface area contributed by atoms with Crippen molar-refractivity contribution in [2.45, 2.75) is 6.10 Å². The Labute approximate surface area is 49.2 Å². The van der Waals surface area contributed by atoms with Crippen LogP contribution in [-0.2, 0) is 0 Å². The first kappa shape index (κ1) is 5.79. The molecule has 0 saturated carbocycles. The van der Waals surface area contributed by atoms with Gasteiger partial charge in [-0.25, -0.2) is 0 Å². The van der Waals surface area contributed by atoms with Crippen molar-refractivity contribution in [3.63, 3.8) is 0 Å². The zero-order valence-corrected chi connectivity index (χ0v) is 4.80. The van der Waals surface area contributed by atoms with E-state index in [1.54, 1.807) is 6.08 Å². The zero-order valence-electron chi connectivity index (χ0n) is 4.80. The second-order valence-electron chi connectivity index (χ2n) is 2.13. The Morgan fingerprint density at radius 2 is 2.38 bits per heavy atom. The van der Waals surface area contributed by atoms with E-state index in [1.807, 2.05) is 0 Å². The smallest absolute Gasteiger partial charge is 0.0739 e. The van der Waals surface area contributed by atoms with E-state index in [4.69, 9.17) is 5.11 Å². The first-order chi connectivity index (χ1) is 3.84. The molecule has 2 atom stereocenters. The van der Waals surface area contributed by atoms with Crippen LogP contribution in [0.25, 0.3) is 0 Å². The molecule has 0 amide bonds. The lowest BCUT2D eigenvalue weighted by atomic mass is 10.1. The number of β-amino-alcohol motifs (C(OH)–C–C–N with tert-alkyl or cyclic N) is 1. The SMILES string of the molecule is C=CC1CNCC1O.